The monoisotopic (exact) mass is 426 g/mol. The van der Waals surface area contributed by atoms with Crippen molar-refractivity contribution >= 4 is 39.1 Å². The second-order valence-electron chi connectivity index (χ2n) is 6.76. The van der Waals surface area contributed by atoms with E-state index < -0.39 is 11.9 Å². The van der Waals surface area contributed by atoms with Crippen molar-refractivity contribution in [3.63, 3.8) is 0 Å². The van der Waals surface area contributed by atoms with E-state index in [9.17, 15) is 14.0 Å². The van der Waals surface area contributed by atoms with Gasteiger partial charge in [0.1, 0.15) is 11.5 Å². The average Bonchev–Trinajstić information content (AvgIpc) is 3.38. The Labute approximate surface area is 175 Å². The van der Waals surface area contributed by atoms with Crippen molar-refractivity contribution < 1.29 is 18.7 Å². The van der Waals surface area contributed by atoms with E-state index in [1.54, 1.807) is 42.8 Å². The maximum absolute atomic E-state index is 14.2. The number of aryl methyl sites for hydroxylation is 2. The Morgan fingerprint density at radius 2 is 2.03 bits per heavy atom. The van der Waals surface area contributed by atoms with Gasteiger partial charge in [-0.25, -0.2) is 9.18 Å². The number of hydrogen-bond acceptors (Lipinski definition) is 5. The highest BCUT2D eigenvalue weighted by Gasteiger charge is 2.25. The van der Waals surface area contributed by atoms with Gasteiger partial charge in [0.15, 0.2) is 5.69 Å². The molecule has 0 atom stereocenters. The summed E-state index contributed by atoms with van der Waals surface area (Å²) >= 11 is 1.49. The van der Waals surface area contributed by atoms with Crippen molar-refractivity contribution in [2.24, 2.45) is 7.05 Å². The topological polar surface area (TPSA) is 78.2 Å². The van der Waals surface area contributed by atoms with Crippen LogP contribution < -0.4 is 5.32 Å². The number of benzene rings is 1. The molecule has 1 aromatic carbocycles. The summed E-state index contributed by atoms with van der Waals surface area (Å²) in [5, 5.41) is 8.92. The number of esters is 1. The van der Waals surface area contributed by atoms with Crippen LogP contribution in [0, 0.1) is 12.7 Å². The lowest BCUT2D eigenvalue weighted by Gasteiger charge is -2.12. The lowest BCUT2D eigenvalue weighted by Crippen LogP contribution is -2.20. The summed E-state index contributed by atoms with van der Waals surface area (Å²) in [5.74, 6) is -1.36. The van der Waals surface area contributed by atoms with E-state index >= 15 is 0 Å². The molecule has 0 spiro atoms. The summed E-state index contributed by atoms with van der Waals surface area (Å²) in [7, 11) is 2.87. The van der Waals surface area contributed by atoms with Gasteiger partial charge in [-0.3, -0.25) is 9.48 Å². The van der Waals surface area contributed by atoms with Gasteiger partial charge < -0.3 is 14.6 Å². The molecule has 0 aliphatic heterocycles. The molecule has 0 saturated carbocycles. The number of carbonyl (C=O) groups excluding carboxylic acids is 2. The first-order chi connectivity index (χ1) is 14.4. The number of rotatable bonds is 5. The SMILES string of the molecule is COC(=O)c1c(NC(=O)c2cc3sccc3n2Cc2ccccc2F)c(C)nn1C. The number of carbonyl (C=O) groups is 2. The molecular weight excluding hydrogens is 407 g/mol. The van der Waals surface area contributed by atoms with Gasteiger partial charge in [-0.2, -0.15) is 5.10 Å². The van der Waals surface area contributed by atoms with Gasteiger partial charge in [-0.05, 0) is 30.5 Å². The molecular formula is C21H19FN4O3S. The normalized spacial score (nSPS) is 11.1. The Morgan fingerprint density at radius 1 is 1.27 bits per heavy atom. The van der Waals surface area contributed by atoms with Crippen molar-refractivity contribution in [3.05, 3.63) is 70.2 Å². The summed E-state index contributed by atoms with van der Waals surface area (Å²) in [6.07, 6.45) is 0. The Balaban J connectivity index is 1.74. The van der Waals surface area contributed by atoms with Crippen molar-refractivity contribution in [3.8, 4) is 0 Å². The van der Waals surface area contributed by atoms with Crippen molar-refractivity contribution in [2.45, 2.75) is 13.5 Å². The average molecular weight is 426 g/mol. The third kappa shape index (κ3) is 3.37. The van der Waals surface area contributed by atoms with E-state index in [0.717, 1.165) is 10.2 Å². The van der Waals surface area contributed by atoms with Crippen LogP contribution >= 0.6 is 11.3 Å². The van der Waals surface area contributed by atoms with Gasteiger partial charge in [0.05, 0.1) is 35.3 Å². The molecule has 0 aliphatic carbocycles. The smallest absolute Gasteiger partial charge is 0.358 e. The molecule has 3 aromatic heterocycles. The lowest BCUT2D eigenvalue weighted by molar-refractivity contribution is 0.0589. The molecule has 0 fully saturated rings. The summed E-state index contributed by atoms with van der Waals surface area (Å²) in [4.78, 5) is 25.3. The van der Waals surface area contributed by atoms with Crippen LogP contribution in [0.2, 0.25) is 0 Å². The van der Waals surface area contributed by atoms with Crippen LogP contribution in [0.5, 0.6) is 0 Å². The highest BCUT2D eigenvalue weighted by molar-refractivity contribution is 7.17. The molecule has 1 amide bonds. The number of nitrogens with zero attached hydrogens (tertiary/aromatic N) is 3. The maximum atomic E-state index is 14.2. The molecule has 0 bridgehead atoms. The Morgan fingerprint density at radius 3 is 2.77 bits per heavy atom. The fraction of sp³-hybridized carbons (Fsp3) is 0.190. The molecule has 0 unspecified atom stereocenters. The first-order valence-electron chi connectivity index (χ1n) is 9.14. The zero-order chi connectivity index (χ0) is 21.4. The molecule has 3 heterocycles. The highest BCUT2D eigenvalue weighted by Crippen LogP contribution is 2.28. The van der Waals surface area contributed by atoms with E-state index in [2.05, 4.69) is 10.4 Å². The molecule has 0 saturated heterocycles. The molecule has 4 rings (SSSR count). The van der Waals surface area contributed by atoms with Gasteiger partial charge in [0.25, 0.3) is 5.91 Å². The van der Waals surface area contributed by atoms with Gasteiger partial charge in [-0.15, -0.1) is 11.3 Å². The predicted octanol–water partition coefficient (Wildman–Crippen LogP) is 3.97. The van der Waals surface area contributed by atoms with Crippen LogP contribution in [-0.2, 0) is 18.3 Å². The van der Waals surface area contributed by atoms with Gasteiger partial charge >= 0.3 is 5.97 Å². The molecule has 0 aliphatic rings. The van der Waals surface area contributed by atoms with Crippen molar-refractivity contribution in [1.82, 2.24) is 14.3 Å². The fourth-order valence-corrected chi connectivity index (χ4v) is 4.27. The minimum absolute atomic E-state index is 0.150. The number of amides is 1. The number of fused-ring (bicyclic) bond motifs is 1. The zero-order valence-corrected chi connectivity index (χ0v) is 17.4. The van der Waals surface area contributed by atoms with E-state index in [-0.39, 0.29) is 23.7 Å². The number of anilines is 1. The van der Waals surface area contributed by atoms with E-state index in [4.69, 9.17) is 4.74 Å². The standard InChI is InChI=1S/C21H19FN4O3S/c1-12-18(19(21(28)29-3)25(2)24-12)23-20(27)16-10-17-15(8-9-30-17)26(16)11-13-6-4-5-7-14(13)22/h4-10H,11H2,1-3H3,(H,23,27). The Bertz CT molecular complexity index is 1270. The minimum Gasteiger partial charge on any atom is -0.464 e. The summed E-state index contributed by atoms with van der Waals surface area (Å²) in [6, 6.07) is 10.1. The summed E-state index contributed by atoms with van der Waals surface area (Å²) < 4.78 is 23.1. The summed E-state index contributed by atoms with van der Waals surface area (Å²) in [5.41, 5.74) is 2.60. The van der Waals surface area contributed by atoms with Crippen LogP contribution in [0.15, 0.2) is 41.8 Å². The van der Waals surface area contributed by atoms with Crippen molar-refractivity contribution in [1.29, 1.82) is 0 Å². The molecule has 9 heteroatoms. The molecule has 1 N–H and O–H groups in total. The minimum atomic E-state index is -0.601. The molecule has 7 nitrogen and oxygen atoms in total. The van der Waals surface area contributed by atoms with Crippen LogP contribution in [0.25, 0.3) is 10.2 Å². The van der Waals surface area contributed by atoms with Gasteiger partial charge in [0, 0.05) is 12.6 Å². The highest BCUT2D eigenvalue weighted by atomic mass is 32.1. The van der Waals surface area contributed by atoms with Crippen LogP contribution in [0.1, 0.15) is 32.2 Å². The fourth-order valence-electron chi connectivity index (χ4n) is 3.45. The largest absolute Gasteiger partial charge is 0.464 e. The third-order valence-corrected chi connectivity index (χ3v) is 5.73. The van der Waals surface area contributed by atoms with Crippen LogP contribution in [-0.4, -0.2) is 33.3 Å². The second-order valence-corrected chi connectivity index (χ2v) is 7.70. The number of thiophene rings is 1. The summed E-state index contributed by atoms with van der Waals surface area (Å²) in [6.45, 7) is 1.89. The lowest BCUT2D eigenvalue weighted by atomic mass is 10.2. The van der Waals surface area contributed by atoms with Crippen LogP contribution in [0.4, 0.5) is 10.1 Å². The molecule has 30 heavy (non-hydrogen) atoms. The Hall–Kier alpha value is -3.46. The third-order valence-electron chi connectivity index (χ3n) is 4.88. The van der Waals surface area contributed by atoms with Gasteiger partial charge in [0.2, 0.25) is 0 Å². The van der Waals surface area contributed by atoms with Crippen molar-refractivity contribution in [2.75, 3.05) is 12.4 Å². The van der Waals surface area contributed by atoms with E-state index in [0.29, 0.717) is 17.0 Å². The number of hydrogen-bond donors (Lipinski definition) is 1. The molecule has 0 radical (unpaired) electrons. The quantitative estimate of drug-likeness (QED) is 0.490. The Kier molecular flexibility index (Phi) is 5.13. The second kappa shape index (κ2) is 7.75. The number of aromatic nitrogens is 3. The molecule has 4 aromatic rings. The number of halogens is 1. The zero-order valence-electron chi connectivity index (χ0n) is 16.6. The molecule has 154 valence electrons. The van der Waals surface area contributed by atoms with Crippen LogP contribution in [0.3, 0.4) is 0 Å². The van der Waals surface area contributed by atoms with E-state index in [1.807, 2.05) is 11.4 Å². The van der Waals surface area contributed by atoms with Gasteiger partial charge in [-0.1, -0.05) is 18.2 Å². The first-order valence-corrected chi connectivity index (χ1v) is 10.0. The number of ether oxygens (including phenoxy) is 1. The first kappa shape index (κ1) is 19.8. The number of nitrogens with one attached hydrogen (secondary N) is 1. The van der Waals surface area contributed by atoms with E-state index in [1.165, 1.54) is 29.2 Å². The predicted molar refractivity (Wildman–Crippen MR) is 113 cm³/mol. The maximum Gasteiger partial charge on any atom is 0.358 e. The number of methoxy groups -OCH3 is 1.